The summed E-state index contributed by atoms with van der Waals surface area (Å²) in [6.07, 6.45) is 6.68. The van der Waals surface area contributed by atoms with E-state index >= 15 is 0 Å². The maximum atomic E-state index is 5.70. The molecule has 0 radical (unpaired) electrons. The highest BCUT2D eigenvalue weighted by Crippen LogP contribution is 2.54. The van der Waals surface area contributed by atoms with Crippen molar-refractivity contribution in [3.63, 3.8) is 0 Å². The Morgan fingerprint density at radius 2 is 1.83 bits per heavy atom. The van der Waals surface area contributed by atoms with E-state index in [1.54, 1.807) is 0 Å². The van der Waals surface area contributed by atoms with Crippen LogP contribution >= 0.6 is 0 Å². The highest BCUT2D eigenvalue weighted by atomic mass is 15.3. The quantitative estimate of drug-likeness (QED) is 0.463. The lowest BCUT2D eigenvalue weighted by Gasteiger charge is -2.57. The largest absolute Gasteiger partial charge is 0.271 e. The van der Waals surface area contributed by atoms with Gasteiger partial charge in [0.05, 0.1) is 0 Å². The van der Waals surface area contributed by atoms with E-state index in [1.807, 2.05) is 0 Å². The average molecular weight is 168 g/mol. The van der Waals surface area contributed by atoms with Gasteiger partial charge in [-0.2, -0.15) is 0 Å². The molecule has 3 saturated carbocycles. The van der Waals surface area contributed by atoms with Gasteiger partial charge in [-0.1, -0.05) is 13.8 Å². The molecular formula is C10H20N2. The first-order valence-corrected chi connectivity index (χ1v) is 5.07. The molecule has 0 aromatic carbocycles. The van der Waals surface area contributed by atoms with Gasteiger partial charge >= 0.3 is 0 Å². The molecule has 0 unspecified atom stereocenters. The molecule has 0 spiro atoms. The van der Waals surface area contributed by atoms with Crippen molar-refractivity contribution in [3.8, 4) is 0 Å². The van der Waals surface area contributed by atoms with Crippen molar-refractivity contribution < 1.29 is 0 Å². The third kappa shape index (κ3) is 0.944. The molecule has 3 rings (SSSR count). The Morgan fingerprint density at radius 1 is 1.25 bits per heavy atom. The van der Waals surface area contributed by atoms with Crippen molar-refractivity contribution in [3.05, 3.63) is 0 Å². The summed E-state index contributed by atoms with van der Waals surface area (Å²) in [4.78, 5) is 0. The maximum absolute atomic E-state index is 5.70. The molecule has 3 fully saturated rings. The van der Waals surface area contributed by atoms with Crippen molar-refractivity contribution in [2.75, 3.05) is 0 Å². The fourth-order valence-electron chi connectivity index (χ4n) is 3.31. The molecule has 3 aliphatic carbocycles. The maximum Gasteiger partial charge on any atom is 0.0372 e. The number of fused-ring (bicyclic) bond motifs is 3. The van der Waals surface area contributed by atoms with Gasteiger partial charge in [-0.3, -0.25) is 11.3 Å². The van der Waals surface area contributed by atoms with Gasteiger partial charge < -0.3 is 0 Å². The van der Waals surface area contributed by atoms with Crippen LogP contribution in [-0.2, 0) is 0 Å². The van der Waals surface area contributed by atoms with Gasteiger partial charge in [0, 0.05) is 5.54 Å². The van der Waals surface area contributed by atoms with Gasteiger partial charge in [0.1, 0.15) is 0 Å². The number of hydrogen-bond acceptors (Lipinski definition) is 2. The van der Waals surface area contributed by atoms with Crippen LogP contribution < -0.4 is 11.3 Å². The molecule has 0 atom stereocenters. The van der Waals surface area contributed by atoms with Crippen LogP contribution in [0.3, 0.4) is 0 Å². The summed E-state index contributed by atoms with van der Waals surface area (Å²) in [6.45, 7) is 4.72. The smallest absolute Gasteiger partial charge is 0.0372 e. The zero-order valence-electron chi connectivity index (χ0n) is 8.19. The minimum absolute atomic E-state index is 0.252. The zero-order chi connectivity index (χ0) is 8.82. The lowest BCUT2D eigenvalue weighted by molar-refractivity contribution is -0.0237. The predicted molar refractivity (Wildman–Crippen MR) is 50.4 cm³/mol. The molecule has 0 aromatic heterocycles. The second-order valence-corrected chi connectivity index (χ2v) is 5.26. The first-order valence-electron chi connectivity index (χ1n) is 5.07. The van der Waals surface area contributed by atoms with Gasteiger partial charge in [0.2, 0.25) is 0 Å². The van der Waals surface area contributed by atoms with Crippen LogP contribution in [0.25, 0.3) is 0 Å². The molecule has 0 amide bonds. The first kappa shape index (κ1) is 8.52. The summed E-state index contributed by atoms with van der Waals surface area (Å²) in [5.41, 5.74) is 3.75. The van der Waals surface area contributed by atoms with Crippen molar-refractivity contribution in [2.45, 2.75) is 51.5 Å². The molecule has 0 heterocycles. The third-order valence-electron chi connectivity index (χ3n) is 4.33. The summed E-state index contributed by atoms with van der Waals surface area (Å²) >= 11 is 0. The van der Waals surface area contributed by atoms with E-state index in [2.05, 4.69) is 19.3 Å². The second kappa shape index (κ2) is 2.46. The zero-order valence-corrected chi connectivity index (χ0v) is 8.19. The topological polar surface area (TPSA) is 38.0 Å². The van der Waals surface area contributed by atoms with Crippen LogP contribution in [0.5, 0.6) is 0 Å². The second-order valence-electron chi connectivity index (χ2n) is 5.26. The van der Waals surface area contributed by atoms with Crippen molar-refractivity contribution in [1.29, 1.82) is 0 Å². The first-order chi connectivity index (χ1) is 5.60. The SMILES string of the molecule is CC1(C)CC2CCC1(NN)CC2. The van der Waals surface area contributed by atoms with Crippen LogP contribution in [0.4, 0.5) is 0 Å². The Balaban J connectivity index is 2.27. The van der Waals surface area contributed by atoms with Gasteiger partial charge in [-0.15, -0.1) is 0 Å². The monoisotopic (exact) mass is 168 g/mol. The molecule has 2 bridgehead atoms. The van der Waals surface area contributed by atoms with Crippen LogP contribution in [0.2, 0.25) is 0 Å². The van der Waals surface area contributed by atoms with E-state index in [4.69, 9.17) is 5.84 Å². The minimum atomic E-state index is 0.252. The molecule has 3 N–H and O–H groups in total. The van der Waals surface area contributed by atoms with E-state index in [-0.39, 0.29) is 5.54 Å². The highest BCUT2D eigenvalue weighted by Gasteiger charge is 2.51. The van der Waals surface area contributed by atoms with Gasteiger partial charge in [0.25, 0.3) is 0 Å². The van der Waals surface area contributed by atoms with E-state index in [1.165, 1.54) is 32.1 Å². The minimum Gasteiger partial charge on any atom is -0.271 e. The van der Waals surface area contributed by atoms with Crippen molar-refractivity contribution in [1.82, 2.24) is 5.43 Å². The molecule has 12 heavy (non-hydrogen) atoms. The molecule has 0 saturated heterocycles. The van der Waals surface area contributed by atoms with E-state index in [0.717, 1.165) is 5.92 Å². The third-order valence-corrected chi connectivity index (χ3v) is 4.33. The lowest BCUT2D eigenvalue weighted by Crippen LogP contribution is -2.64. The van der Waals surface area contributed by atoms with Gasteiger partial charge in [-0.25, -0.2) is 0 Å². The van der Waals surface area contributed by atoms with Gasteiger partial charge in [0.15, 0.2) is 0 Å². The van der Waals surface area contributed by atoms with Crippen LogP contribution in [0.15, 0.2) is 0 Å². The molecule has 0 aromatic rings. The predicted octanol–water partition coefficient (Wildman–Crippen LogP) is 1.81. The van der Waals surface area contributed by atoms with Crippen molar-refractivity contribution in [2.24, 2.45) is 17.2 Å². The molecule has 70 valence electrons. The van der Waals surface area contributed by atoms with Crippen molar-refractivity contribution >= 4 is 0 Å². The van der Waals surface area contributed by atoms with E-state index < -0.39 is 0 Å². The fourth-order valence-corrected chi connectivity index (χ4v) is 3.31. The van der Waals surface area contributed by atoms with E-state index in [9.17, 15) is 0 Å². The lowest BCUT2D eigenvalue weighted by atomic mass is 9.53. The Hall–Kier alpha value is -0.0800. The number of hydrazine groups is 1. The van der Waals surface area contributed by atoms with Crippen LogP contribution in [0, 0.1) is 11.3 Å². The van der Waals surface area contributed by atoms with Crippen LogP contribution in [0.1, 0.15) is 46.0 Å². The highest BCUT2D eigenvalue weighted by molar-refractivity contribution is 5.07. The standard InChI is InChI=1S/C10H20N2/c1-9(2)7-8-3-5-10(9,12-11)6-4-8/h8,12H,3-7,11H2,1-2H3. The van der Waals surface area contributed by atoms with Crippen LogP contribution in [-0.4, -0.2) is 5.54 Å². The Kier molecular flexibility index (Phi) is 1.74. The van der Waals surface area contributed by atoms with E-state index in [0.29, 0.717) is 5.41 Å². The average Bonchev–Trinajstić information content (AvgIpc) is 2.04. The Morgan fingerprint density at radius 3 is 2.17 bits per heavy atom. The summed E-state index contributed by atoms with van der Waals surface area (Å²) in [5.74, 6) is 6.68. The number of rotatable bonds is 1. The fraction of sp³-hybridized carbons (Fsp3) is 1.00. The molecule has 0 aliphatic heterocycles. The normalized spacial score (nSPS) is 44.8. The summed E-state index contributed by atoms with van der Waals surface area (Å²) in [6, 6.07) is 0. The number of nitrogens with two attached hydrogens (primary N) is 1. The molecule has 2 nitrogen and oxygen atoms in total. The summed E-state index contributed by atoms with van der Waals surface area (Å²) in [7, 11) is 0. The number of nitrogens with one attached hydrogen (secondary N) is 1. The molecule has 2 heteroatoms. The Labute approximate surface area is 74.9 Å². The number of hydrogen-bond donors (Lipinski definition) is 2. The summed E-state index contributed by atoms with van der Waals surface area (Å²) < 4.78 is 0. The Bertz CT molecular complexity index is 178. The summed E-state index contributed by atoms with van der Waals surface area (Å²) in [5, 5.41) is 0. The van der Waals surface area contributed by atoms with Gasteiger partial charge in [-0.05, 0) is 43.4 Å². The molecule has 3 aliphatic rings. The molecular weight excluding hydrogens is 148 g/mol.